The summed E-state index contributed by atoms with van der Waals surface area (Å²) >= 11 is 0. The van der Waals surface area contributed by atoms with E-state index in [4.69, 9.17) is 15.7 Å². The molecule has 0 aliphatic heterocycles. The molecule has 168 valence electrons. The van der Waals surface area contributed by atoms with Crippen LogP contribution in [0.3, 0.4) is 0 Å². The zero-order chi connectivity index (χ0) is 24.3. The highest BCUT2D eigenvalue weighted by Gasteiger charge is 2.38. The van der Waals surface area contributed by atoms with E-state index in [1.165, 1.54) is 18.4 Å². The van der Waals surface area contributed by atoms with Gasteiger partial charge in [0.1, 0.15) is 11.6 Å². The zero-order valence-electron chi connectivity index (χ0n) is 18.4. The Morgan fingerprint density at radius 2 is 1.61 bits per heavy atom. The molecule has 7 nitrogen and oxygen atoms in total. The first-order valence-corrected chi connectivity index (χ1v) is 9.94. The third-order valence-electron chi connectivity index (χ3n) is 4.46. The number of allylic oxidation sites excluding steroid dienone is 2. The van der Waals surface area contributed by atoms with Crippen LogP contribution in [0.2, 0.25) is 0 Å². The molecule has 7 heteroatoms. The molecule has 0 heterocycles. The van der Waals surface area contributed by atoms with E-state index in [1.54, 1.807) is 55.7 Å². The van der Waals surface area contributed by atoms with Crippen LogP contribution >= 0.6 is 0 Å². The molecule has 33 heavy (non-hydrogen) atoms. The number of rotatable bonds is 7. The maximum absolute atomic E-state index is 12.7. The molecular formula is C26H25N3O4. The number of hydroxylamine groups is 1. The number of hydrogen-bond acceptors (Lipinski definition) is 5. The Morgan fingerprint density at radius 1 is 1.06 bits per heavy atom. The topological polar surface area (TPSA) is 114 Å². The second kappa shape index (κ2) is 11.8. The van der Waals surface area contributed by atoms with Crippen LogP contribution in [0.5, 0.6) is 0 Å². The molecule has 0 unspecified atom stereocenters. The van der Waals surface area contributed by atoms with Gasteiger partial charge in [-0.15, -0.1) is 0 Å². The number of anilines is 1. The summed E-state index contributed by atoms with van der Waals surface area (Å²) < 4.78 is 5.53. The van der Waals surface area contributed by atoms with E-state index in [0.29, 0.717) is 16.8 Å². The van der Waals surface area contributed by atoms with Gasteiger partial charge in [-0.2, -0.15) is 0 Å². The van der Waals surface area contributed by atoms with Crippen molar-refractivity contribution in [1.29, 1.82) is 0 Å². The van der Waals surface area contributed by atoms with E-state index in [1.807, 2.05) is 12.1 Å². The van der Waals surface area contributed by atoms with Gasteiger partial charge >= 0.3 is 0 Å². The summed E-state index contributed by atoms with van der Waals surface area (Å²) in [6.45, 7) is 6.74. The monoisotopic (exact) mass is 443 g/mol. The minimum Gasteiger partial charge on any atom is -0.493 e. The summed E-state index contributed by atoms with van der Waals surface area (Å²) in [5.74, 6) is 10.0. The lowest BCUT2D eigenvalue weighted by Crippen LogP contribution is -2.58. The lowest BCUT2D eigenvalue weighted by atomic mass is 9.97. The number of hydrogen-bond donors (Lipinski definition) is 4. The van der Waals surface area contributed by atoms with E-state index < -0.39 is 23.5 Å². The van der Waals surface area contributed by atoms with Crippen LogP contribution in [-0.2, 0) is 9.53 Å². The molecule has 0 saturated carbocycles. The number of nitrogens with one attached hydrogen (secondary N) is 2. The summed E-state index contributed by atoms with van der Waals surface area (Å²) in [6, 6.07) is 12.5. The van der Waals surface area contributed by atoms with Crippen LogP contribution < -0.4 is 16.5 Å². The van der Waals surface area contributed by atoms with Crippen molar-refractivity contribution >= 4 is 17.5 Å². The van der Waals surface area contributed by atoms with Crippen LogP contribution in [0.4, 0.5) is 5.69 Å². The van der Waals surface area contributed by atoms with Crippen LogP contribution in [0.25, 0.3) is 0 Å². The highest BCUT2D eigenvalue weighted by Crippen LogP contribution is 2.17. The Labute approximate surface area is 193 Å². The minimum atomic E-state index is -1.17. The Morgan fingerprint density at radius 3 is 2.12 bits per heavy atom. The predicted molar refractivity (Wildman–Crippen MR) is 127 cm³/mol. The quantitative estimate of drug-likeness (QED) is 0.131. The largest absolute Gasteiger partial charge is 0.493 e. The SMILES string of the molecule is C=C/C=C\OC(C)(C)[C@H](NC(=O)c1ccc(C#CC#Cc2ccc(N)cc2)cc1)C(=O)NO. The Hall–Kier alpha value is -4.46. The molecule has 1 atom stereocenters. The number of ether oxygens (including phenoxy) is 1. The van der Waals surface area contributed by atoms with E-state index >= 15 is 0 Å². The maximum Gasteiger partial charge on any atom is 0.270 e. The molecule has 0 aliphatic rings. The molecule has 5 N–H and O–H groups in total. The van der Waals surface area contributed by atoms with Gasteiger partial charge in [0.05, 0.1) is 6.26 Å². The van der Waals surface area contributed by atoms with Crippen molar-refractivity contribution in [2.75, 3.05) is 5.73 Å². The van der Waals surface area contributed by atoms with Crippen molar-refractivity contribution in [3.05, 3.63) is 90.2 Å². The normalized spacial score (nSPS) is 11.2. The van der Waals surface area contributed by atoms with Gasteiger partial charge in [-0.3, -0.25) is 14.8 Å². The standard InChI is InChI=1S/C26H25N3O4/c1-4-5-18-33-26(2,3)23(25(31)29-32)28-24(30)21-14-10-19(11-15-21)8-6-7-9-20-12-16-22(27)17-13-20/h4-5,10-18,23,32H,1,27H2,2-3H3,(H,28,30)(H,29,31)/b18-5-/t23-/m1/s1. The summed E-state index contributed by atoms with van der Waals surface area (Å²) in [5, 5.41) is 11.7. The average molecular weight is 444 g/mol. The molecule has 2 aromatic rings. The van der Waals surface area contributed by atoms with Gasteiger partial charge in [0.15, 0.2) is 0 Å². The van der Waals surface area contributed by atoms with Crippen LogP contribution in [0, 0.1) is 23.7 Å². The fraction of sp³-hybridized carbons (Fsp3) is 0.154. The molecule has 0 aliphatic carbocycles. The second-order valence-electron chi connectivity index (χ2n) is 7.37. The van der Waals surface area contributed by atoms with Crippen molar-refractivity contribution < 1.29 is 19.5 Å². The summed E-state index contributed by atoms with van der Waals surface area (Å²) in [7, 11) is 0. The second-order valence-corrected chi connectivity index (χ2v) is 7.37. The maximum atomic E-state index is 12.7. The van der Waals surface area contributed by atoms with E-state index in [-0.39, 0.29) is 0 Å². The Bertz CT molecular complexity index is 1140. The third kappa shape index (κ3) is 7.62. The number of carbonyl (C=O) groups excluding carboxylic acids is 2. The van der Waals surface area contributed by atoms with E-state index in [0.717, 1.165) is 5.56 Å². The number of amides is 2. The van der Waals surface area contributed by atoms with Crippen molar-refractivity contribution in [3.8, 4) is 23.7 Å². The summed E-state index contributed by atoms with van der Waals surface area (Å²) in [5.41, 5.74) is 8.48. The number of benzene rings is 2. The van der Waals surface area contributed by atoms with Gasteiger partial charge in [-0.25, -0.2) is 5.48 Å². The van der Waals surface area contributed by atoms with Crippen LogP contribution in [0.1, 0.15) is 35.3 Å². The van der Waals surface area contributed by atoms with E-state index in [2.05, 4.69) is 35.6 Å². The van der Waals surface area contributed by atoms with E-state index in [9.17, 15) is 9.59 Å². The molecule has 2 rings (SSSR count). The van der Waals surface area contributed by atoms with Gasteiger partial charge in [-0.1, -0.05) is 24.5 Å². The third-order valence-corrected chi connectivity index (χ3v) is 4.46. The van der Waals surface area contributed by atoms with Gasteiger partial charge in [0.2, 0.25) is 0 Å². The van der Waals surface area contributed by atoms with Gasteiger partial charge < -0.3 is 15.8 Å². The number of nitrogens with two attached hydrogens (primary N) is 1. The van der Waals surface area contributed by atoms with Gasteiger partial charge in [-0.05, 0) is 80.3 Å². The van der Waals surface area contributed by atoms with Crippen molar-refractivity contribution in [2.24, 2.45) is 0 Å². The lowest BCUT2D eigenvalue weighted by molar-refractivity contribution is -0.137. The van der Waals surface area contributed by atoms with Gasteiger partial charge in [0.25, 0.3) is 11.8 Å². The molecule has 2 amide bonds. The van der Waals surface area contributed by atoms with Crippen molar-refractivity contribution in [1.82, 2.24) is 10.8 Å². The first-order chi connectivity index (χ1) is 15.8. The fourth-order valence-electron chi connectivity index (χ4n) is 2.65. The lowest BCUT2D eigenvalue weighted by Gasteiger charge is -2.32. The molecule has 0 spiro atoms. The molecule has 0 radical (unpaired) electrons. The molecule has 0 fully saturated rings. The van der Waals surface area contributed by atoms with Crippen molar-refractivity contribution in [2.45, 2.75) is 25.5 Å². The summed E-state index contributed by atoms with van der Waals surface area (Å²) in [6.07, 6.45) is 4.39. The average Bonchev–Trinajstić information content (AvgIpc) is 2.81. The highest BCUT2D eigenvalue weighted by molar-refractivity contribution is 5.97. The van der Waals surface area contributed by atoms with Crippen LogP contribution in [0.15, 0.2) is 73.5 Å². The molecule has 2 aromatic carbocycles. The minimum absolute atomic E-state index is 0.307. The fourth-order valence-corrected chi connectivity index (χ4v) is 2.65. The first kappa shape index (κ1) is 24.8. The number of carbonyl (C=O) groups is 2. The number of nitrogen functional groups attached to an aromatic ring is 1. The Kier molecular flexibility index (Phi) is 8.87. The molecular weight excluding hydrogens is 418 g/mol. The molecule has 0 bridgehead atoms. The molecule has 0 saturated heterocycles. The Balaban J connectivity index is 2.09. The molecule has 0 aromatic heterocycles. The first-order valence-electron chi connectivity index (χ1n) is 9.94. The highest BCUT2D eigenvalue weighted by atomic mass is 16.5. The zero-order valence-corrected chi connectivity index (χ0v) is 18.4. The predicted octanol–water partition coefficient (Wildman–Crippen LogP) is 2.77. The smallest absolute Gasteiger partial charge is 0.270 e. The van der Waals surface area contributed by atoms with Gasteiger partial charge in [0, 0.05) is 22.4 Å². The van der Waals surface area contributed by atoms with Crippen LogP contribution in [-0.4, -0.2) is 28.7 Å². The summed E-state index contributed by atoms with van der Waals surface area (Å²) in [4.78, 5) is 24.8. The van der Waals surface area contributed by atoms with Crippen molar-refractivity contribution in [3.63, 3.8) is 0 Å².